The van der Waals surface area contributed by atoms with Gasteiger partial charge < -0.3 is 14.4 Å². The topological polar surface area (TPSA) is 91.7 Å². The lowest BCUT2D eigenvalue weighted by molar-refractivity contribution is -0.211. The van der Waals surface area contributed by atoms with Gasteiger partial charge in [-0.1, -0.05) is 18.2 Å². The van der Waals surface area contributed by atoms with E-state index >= 15 is 0 Å². The first-order valence-electron chi connectivity index (χ1n) is 8.13. The molecule has 7 nitrogen and oxygen atoms in total. The molecule has 0 radical (unpaired) electrons. The summed E-state index contributed by atoms with van der Waals surface area (Å²) in [4.78, 5) is 25.0. The van der Waals surface area contributed by atoms with Crippen LogP contribution in [0.25, 0.3) is 0 Å². The van der Waals surface area contributed by atoms with Crippen molar-refractivity contribution in [2.45, 2.75) is 32.1 Å². The van der Waals surface area contributed by atoms with Crippen LogP contribution in [-0.2, 0) is 14.3 Å². The lowest BCUT2D eigenvalue weighted by Crippen LogP contribution is -2.74. The molecule has 1 rings (SSSR count). The highest BCUT2D eigenvalue weighted by Gasteiger charge is 2.67. The molecular formula is C17H20F3N3O4. The van der Waals surface area contributed by atoms with Crippen molar-refractivity contribution >= 4 is 17.7 Å². The van der Waals surface area contributed by atoms with Crippen LogP contribution in [0.3, 0.4) is 0 Å². The summed E-state index contributed by atoms with van der Waals surface area (Å²) in [6, 6.07) is 8.88. The smallest absolute Gasteiger partial charge is 0.442 e. The Hall–Kier alpha value is -2.96. The summed E-state index contributed by atoms with van der Waals surface area (Å²) < 4.78 is 51.9. The molecule has 0 aromatic heterocycles. The molecule has 10 heteroatoms. The van der Waals surface area contributed by atoms with Crippen molar-refractivity contribution < 1.29 is 32.2 Å². The van der Waals surface area contributed by atoms with E-state index in [2.05, 4.69) is 9.47 Å². The molecule has 1 atom stereocenters. The Morgan fingerprint density at radius 2 is 1.74 bits per heavy atom. The number of para-hydroxylation sites is 1. The number of alkyl halides is 3. The van der Waals surface area contributed by atoms with Gasteiger partial charge in [-0.05, 0) is 26.0 Å². The van der Waals surface area contributed by atoms with E-state index < -0.39 is 30.4 Å². The van der Waals surface area contributed by atoms with Gasteiger partial charge in [0.05, 0.1) is 25.7 Å². The van der Waals surface area contributed by atoms with E-state index in [1.165, 1.54) is 38.1 Å². The van der Waals surface area contributed by atoms with Gasteiger partial charge in [0.1, 0.15) is 0 Å². The first-order chi connectivity index (χ1) is 12.7. The van der Waals surface area contributed by atoms with Crippen molar-refractivity contribution in [1.82, 2.24) is 5.32 Å². The number of benzene rings is 1. The van der Waals surface area contributed by atoms with Crippen LogP contribution in [0.2, 0.25) is 0 Å². The second kappa shape index (κ2) is 9.66. The minimum Gasteiger partial charge on any atom is -0.463 e. The van der Waals surface area contributed by atoms with E-state index in [0.717, 1.165) is 0 Å². The maximum Gasteiger partial charge on any atom is 0.442 e. The molecule has 1 amide bonds. The quantitative estimate of drug-likeness (QED) is 0.545. The molecule has 1 N–H and O–H groups in total. The SMILES string of the molecule is CCOC(=O)NC(C(=O)OCC)(N(CCC#N)c1ccccc1)C(F)(F)F. The van der Waals surface area contributed by atoms with Gasteiger partial charge in [-0.15, -0.1) is 0 Å². The van der Waals surface area contributed by atoms with Crippen LogP contribution in [0.1, 0.15) is 20.3 Å². The predicted molar refractivity (Wildman–Crippen MR) is 89.6 cm³/mol. The highest BCUT2D eigenvalue weighted by atomic mass is 19.4. The number of hydrogen-bond acceptors (Lipinski definition) is 6. The highest BCUT2D eigenvalue weighted by Crippen LogP contribution is 2.38. The third-order valence-corrected chi connectivity index (χ3v) is 3.46. The molecule has 0 saturated heterocycles. The Morgan fingerprint density at radius 1 is 1.15 bits per heavy atom. The lowest BCUT2D eigenvalue weighted by Gasteiger charge is -2.43. The Bertz CT molecular complexity index is 676. The minimum absolute atomic E-state index is 0.0325. The molecule has 0 fully saturated rings. The van der Waals surface area contributed by atoms with Crippen molar-refractivity contribution in [2.75, 3.05) is 24.7 Å². The van der Waals surface area contributed by atoms with Crippen LogP contribution < -0.4 is 10.2 Å². The molecule has 0 heterocycles. The molecular weight excluding hydrogens is 367 g/mol. The van der Waals surface area contributed by atoms with Gasteiger partial charge >= 0.3 is 23.9 Å². The number of carbonyl (C=O) groups excluding carboxylic acids is 2. The van der Waals surface area contributed by atoms with E-state index in [-0.39, 0.29) is 25.3 Å². The zero-order valence-electron chi connectivity index (χ0n) is 14.9. The summed E-state index contributed by atoms with van der Waals surface area (Å²) in [7, 11) is 0. The number of halogens is 3. The van der Waals surface area contributed by atoms with Crippen LogP contribution in [0.15, 0.2) is 30.3 Å². The predicted octanol–water partition coefficient (Wildman–Crippen LogP) is 2.97. The van der Waals surface area contributed by atoms with Crippen molar-refractivity contribution in [1.29, 1.82) is 5.26 Å². The maximum atomic E-state index is 14.2. The monoisotopic (exact) mass is 387 g/mol. The number of carbonyl (C=O) groups is 2. The zero-order valence-corrected chi connectivity index (χ0v) is 14.9. The van der Waals surface area contributed by atoms with Crippen LogP contribution in [-0.4, -0.2) is 43.7 Å². The van der Waals surface area contributed by atoms with E-state index in [4.69, 9.17) is 5.26 Å². The maximum absolute atomic E-state index is 14.2. The summed E-state index contributed by atoms with van der Waals surface area (Å²) in [5.74, 6) is -1.73. The fourth-order valence-electron chi connectivity index (χ4n) is 2.38. The third kappa shape index (κ3) is 5.03. The standard InChI is InChI=1S/C17H20F3N3O4/c1-3-26-14(24)16(17(18,19)20,22-15(25)27-4-2)23(12-8-11-21)13-9-6-5-7-10-13/h5-7,9-10H,3-4,8,12H2,1-2H3,(H,22,25). The van der Waals surface area contributed by atoms with E-state index in [1.54, 1.807) is 17.5 Å². The van der Waals surface area contributed by atoms with Gasteiger partial charge in [-0.25, -0.2) is 9.59 Å². The Labute approximate surface area is 154 Å². The van der Waals surface area contributed by atoms with Gasteiger partial charge in [0.15, 0.2) is 0 Å². The highest BCUT2D eigenvalue weighted by molar-refractivity contribution is 5.90. The third-order valence-electron chi connectivity index (χ3n) is 3.46. The number of alkyl carbamates (subject to hydrolysis) is 1. The van der Waals surface area contributed by atoms with Crippen molar-refractivity contribution in [2.24, 2.45) is 0 Å². The average Bonchev–Trinajstić information content (AvgIpc) is 2.61. The Balaban J connectivity index is 3.63. The van der Waals surface area contributed by atoms with Crippen LogP contribution in [0.4, 0.5) is 23.7 Å². The number of nitrogens with one attached hydrogen (secondary N) is 1. The summed E-state index contributed by atoms with van der Waals surface area (Å²) in [6.45, 7) is 1.70. The molecule has 148 valence electrons. The molecule has 1 aromatic rings. The Kier molecular flexibility index (Phi) is 7.90. The van der Waals surface area contributed by atoms with E-state index in [1.807, 2.05) is 0 Å². The molecule has 0 aliphatic heterocycles. The van der Waals surface area contributed by atoms with Crippen molar-refractivity contribution in [3.05, 3.63) is 30.3 Å². The molecule has 0 bridgehead atoms. The number of ether oxygens (including phenoxy) is 2. The number of esters is 1. The number of anilines is 1. The van der Waals surface area contributed by atoms with Crippen LogP contribution in [0, 0.1) is 11.3 Å². The molecule has 27 heavy (non-hydrogen) atoms. The molecule has 0 aliphatic rings. The largest absolute Gasteiger partial charge is 0.463 e. The first kappa shape index (κ1) is 22.1. The van der Waals surface area contributed by atoms with Crippen LogP contribution in [0.5, 0.6) is 0 Å². The normalized spacial score (nSPS) is 13.0. The molecule has 1 aromatic carbocycles. The van der Waals surface area contributed by atoms with Gasteiger partial charge in [0.25, 0.3) is 0 Å². The summed E-state index contributed by atoms with van der Waals surface area (Å²) in [5.41, 5.74) is -3.59. The number of hydrogen-bond donors (Lipinski definition) is 1. The second-order valence-electron chi connectivity index (χ2n) is 5.17. The lowest BCUT2D eigenvalue weighted by atomic mass is 10.1. The fraction of sp³-hybridized carbons (Fsp3) is 0.471. The number of amides is 1. The first-order valence-corrected chi connectivity index (χ1v) is 8.13. The summed E-state index contributed by atoms with van der Waals surface area (Å²) in [6.07, 6.45) is -7.06. The molecule has 1 unspecified atom stereocenters. The van der Waals surface area contributed by atoms with E-state index in [0.29, 0.717) is 4.90 Å². The zero-order chi connectivity index (χ0) is 20.5. The van der Waals surface area contributed by atoms with Gasteiger partial charge in [0.2, 0.25) is 0 Å². The minimum atomic E-state index is -5.28. The van der Waals surface area contributed by atoms with Crippen molar-refractivity contribution in [3.8, 4) is 6.07 Å². The van der Waals surface area contributed by atoms with Gasteiger partial charge in [0, 0.05) is 12.2 Å². The summed E-state index contributed by atoms with van der Waals surface area (Å²) >= 11 is 0. The Morgan fingerprint density at radius 3 is 2.22 bits per heavy atom. The number of nitriles is 1. The number of nitrogens with zero attached hydrogens (tertiary/aromatic N) is 2. The number of rotatable bonds is 8. The average molecular weight is 387 g/mol. The fourth-order valence-corrected chi connectivity index (χ4v) is 2.38. The summed E-state index contributed by atoms with van der Waals surface area (Å²) in [5, 5.41) is 10.5. The molecule has 0 spiro atoms. The van der Waals surface area contributed by atoms with Gasteiger partial charge in [-0.3, -0.25) is 5.32 Å². The molecule has 0 aliphatic carbocycles. The second-order valence-corrected chi connectivity index (χ2v) is 5.17. The molecule has 0 saturated carbocycles. The van der Waals surface area contributed by atoms with Gasteiger partial charge in [-0.2, -0.15) is 18.4 Å². The van der Waals surface area contributed by atoms with E-state index in [9.17, 15) is 22.8 Å². The van der Waals surface area contributed by atoms with Crippen molar-refractivity contribution in [3.63, 3.8) is 0 Å². The van der Waals surface area contributed by atoms with Crippen LogP contribution >= 0.6 is 0 Å².